The second-order valence-corrected chi connectivity index (χ2v) is 16.3. The van der Waals surface area contributed by atoms with Crippen molar-refractivity contribution in [2.75, 3.05) is 6.16 Å². The molecule has 0 heterocycles. The van der Waals surface area contributed by atoms with Crippen LogP contribution in [0.15, 0.2) is 134 Å². The van der Waals surface area contributed by atoms with Crippen LogP contribution in [0.25, 0.3) is 0 Å². The molecular formula is C35H44BP. The Balaban J connectivity index is 0.000000270. The molecule has 0 radical (unpaired) electrons. The van der Waals surface area contributed by atoms with E-state index in [-0.39, 0.29) is 7.92 Å². The monoisotopic (exact) mass is 506 g/mol. The van der Waals surface area contributed by atoms with Crippen LogP contribution in [0, 0.1) is 0 Å². The number of allylic oxidation sites excluding steroid dienone is 1. The Morgan fingerprint density at radius 2 is 0.757 bits per heavy atom. The highest BCUT2D eigenvalue weighted by Crippen LogP contribution is 2.58. The van der Waals surface area contributed by atoms with Crippen molar-refractivity contribution >= 4 is 35.9 Å². The van der Waals surface area contributed by atoms with Crippen LogP contribution >= 0.6 is 7.92 Å². The first-order valence-corrected chi connectivity index (χ1v) is 15.2. The van der Waals surface area contributed by atoms with Crippen molar-refractivity contribution in [3.63, 3.8) is 0 Å². The topological polar surface area (TPSA) is 0 Å². The molecule has 0 aromatic heterocycles. The van der Waals surface area contributed by atoms with Crippen molar-refractivity contribution in [3.8, 4) is 0 Å². The Kier molecular flexibility index (Phi) is 9.75. The van der Waals surface area contributed by atoms with E-state index in [0.29, 0.717) is 10.3 Å². The van der Waals surface area contributed by atoms with Gasteiger partial charge in [0.15, 0.2) is 0 Å². The first kappa shape index (κ1) is 28.7. The van der Waals surface area contributed by atoms with Gasteiger partial charge in [0.05, 0.1) is 16.5 Å². The molecule has 0 amide bonds. The molecule has 4 aromatic carbocycles. The van der Waals surface area contributed by atoms with E-state index in [9.17, 15) is 0 Å². The molecule has 0 nitrogen and oxygen atoms in total. The molecule has 0 unspecified atom stereocenters. The third kappa shape index (κ3) is 6.91. The SMILES string of the molecule is C=CC[PH+](C(C)(C)C)C(C)(C)C.c1ccc([B-](c2ccccc2)(c2ccccc2)c2ccccc2)cc1. The van der Waals surface area contributed by atoms with Crippen LogP contribution in [-0.4, -0.2) is 22.6 Å². The summed E-state index contributed by atoms with van der Waals surface area (Å²) in [6.07, 6.45) is 2.09. The summed E-state index contributed by atoms with van der Waals surface area (Å²) in [5.41, 5.74) is 5.36. The summed E-state index contributed by atoms with van der Waals surface area (Å²) < 4.78 is 0. The molecule has 0 N–H and O–H groups in total. The molecule has 0 saturated carbocycles. The molecule has 0 aliphatic carbocycles. The summed E-state index contributed by atoms with van der Waals surface area (Å²) in [7, 11) is -0.345. The minimum absolute atomic E-state index is 0.345. The Bertz CT molecular complexity index is 1030. The van der Waals surface area contributed by atoms with E-state index in [1.807, 2.05) is 0 Å². The average molecular weight is 507 g/mol. The van der Waals surface area contributed by atoms with E-state index < -0.39 is 6.15 Å². The lowest BCUT2D eigenvalue weighted by Crippen LogP contribution is -2.74. The van der Waals surface area contributed by atoms with Crippen LogP contribution in [0.1, 0.15) is 41.5 Å². The fraction of sp³-hybridized carbons (Fsp3) is 0.257. The number of hydrogen-bond acceptors (Lipinski definition) is 0. The van der Waals surface area contributed by atoms with Crippen molar-refractivity contribution in [1.29, 1.82) is 0 Å². The first-order valence-electron chi connectivity index (χ1n) is 13.5. The molecule has 0 aliphatic heterocycles. The van der Waals surface area contributed by atoms with Gasteiger partial charge in [0.25, 0.3) is 0 Å². The second kappa shape index (κ2) is 12.6. The Morgan fingerprint density at radius 3 is 0.919 bits per heavy atom. The molecule has 4 rings (SSSR count). The molecule has 2 heteroatoms. The minimum Gasteiger partial charge on any atom is -0.195 e. The van der Waals surface area contributed by atoms with Crippen molar-refractivity contribution in [1.82, 2.24) is 0 Å². The van der Waals surface area contributed by atoms with Crippen molar-refractivity contribution in [2.45, 2.75) is 51.9 Å². The van der Waals surface area contributed by atoms with Gasteiger partial charge in [-0.3, -0.25) is 0 Å². The number of rotatable bonds is 6. The maximum Gasteiger partial charge on any atom is 0.108 e. The highest BCUT2D eigenvalue weighted by Gasteiger charge is 2.40. The van der Waals surface area contributed by atoms with Crippen molar-refractivity contribution < 1.29 is 0 Å². The fourth-order valence-corrected chi connectivity index (χ4v) is 9.77. The normalized spacial score (nSPS) is 12.0. The summed E-state index contributed by atoms with van der Waals surface area (Å²) in [4.78, 5) is 0. The van der Waals surface area contributed by atoms with Gasteiger partial charge in [-0.2, -0.15) is 21.9 Å². The zero-order valence-corrected chi connectivity index (χ0v) is 24.6. The van der Waals surface area contributed by atoms with Gasteiger partial charge in [-0.1, -0.05) is 134 Å². The van der Waals surface area contributed by atoms with Gasteiger partial charge >= 0.3 is 0 Å². The molecule has 0 aliphatic rings. The fourth-order valence-electron chi connectivity index (χ4n) is 6.00. The van der Waals surface area contributed by atoms with Gasteiger partial charge < -0.3 is 0 Å². The molecule has 37 heavy (non-hydrogen) atoms. The number of benzene rings is 4. The van der Waals surface area contributed by atoms with Gasteiger partial charge in [-0.05, 0) is 41.5 Å². The van der Waals surface area contributed by atoms with E-state index in [1.54, 1.807) is 0 Å². The van der Waals surface area contributed by atoms with Gasteiger partial charge in [0.1, 0.15) is 6.15 Å². The van der Waals surface area contributed by atoms with Crippen LogP contribution < -0.4 is 21.9 Å². The Hall–Kier alpha value is -2.89. The minimum atomic E-state index is -1.22. The Morgan fingerprint density at radius 1 is 0.514 bits per heavy atom. The van der Waals surface area contributed by atoms with E-state index >= 15 is 0 Å². The van der Waals surface area contributed by atoms with E-state index in [2.05, 4.69) is 176 Å². The van der Waals surface area contributed by atoms with Crippen LogP contribution in [0.2, 0.25) is 0 Å². The first-order chi connectivity index (χ1) is 17.6. The second-order valence-electron chi connectivity index (χ2n) is 12.0. The molecule has 0 fully saturated rings. The zero-order valence-electron chi connectivity index (χ0n) is 23.6. The lowest BCUT2D eigenvalue weighted by molar-refractivity contribution is 0.707. The molecule has 0 bridgehead atoms. The molecular weight excluding hydrogens is 462 g/mol. The molecule has 0 spiro atoms. The number of hydrogen-bond donors (Lipinski definition) is 0. The van der Waals surface area contributed by atoms with E-state index in [0.717, 1.165) is 0 Å². The molecule has 0 saturated heterocycles. The summed E-state index contributed by atoms with van der Waals surface area (Å²) in [5, 5.41) is 0.966. The maximum absolute atomic E-state index is 3.85. The van der Waals surface area contributed by atoms with Crippen LogP contribution in [-0.2, 0) is 0 Å². The summed E-state index contributed by atoms with van der Waals surface area (Å²) in [5.74, 6) is 0. The van der Waals surface area contributed by atoms with Crippen molar-refractivity contribution in [3.05, 3.63) is 134 Å². The smallest absolute Gasteiger partial charge is 0.108 e. The quantitative estimate of drug-likeness (QED) is 0.149. The van der Waals surface area contributed by atoms with Gasteiger partial charge in [0.2, 0.25) is 0 Å². The lowest BCUT2D eigenvalue weighted by atomic mass is 9.13. The van der Waals surface area contributed by atoms with Gasteiger partial charge in [-0.25, -0.2) is 0 Å². The van der Waals surface area contributed by atoms with Gasteiger partial charge in [0, 0.05) is 7.92 Å². The van der Waals surface area contributed by atoms with Gasteiger partial charge in [-0.15, -0.1) is 0 Å². The predicted octanol–water partition coefficient (Wildman–Crippen LogP) is 7.05. The third-order valence-electron chi connectivity index (χ3n) is 7.36. The molecule has 4 aromatic rings. The average Bonchev–Trinajstić information content (AvgIpc) is 2.89. The molecule has 0 atom stereocenters. The zero-order chi connectivity index (χ0) is 26.9. The highest BCUT2D eigenvalue weighted by atomic mass is 31.1. The highest BCUT2D eigenvalue weighted by molar-refractivity contribution is 7.61. The lowest BCUT2D eigenvalue weighted by Gasteiger charge is -2.44. The van der Waals surface area contributed by atoms with E-state index in [1.165, 1.54) is 28.0 Å². The predicted molar refractivity (Wildman–Crippen MR) is 173 cm³/mol. The Labute approximate surface area is 227 Å². The van der Waals surface area contributed by atoms with E-state index in [4.69, 9.17) is 0 Å². The summed E-state index contributed by atoms with van der Waals surface area (Å²) in [6.45, 7) is 18.0. The summed E-state index contributed by atoms with van der Waals surface area (Å²) in [6, 6.07) is 43.5. The summed E-state index contributed by atoms with van der Waals surface area (Å²) >= 11 is 0. The van der Waals surface area contributed by atoms with Crippen LogP contribution in [0.3, 0.4) is 0 Å². The van der Waals surface area contributed by atoms with Crippen LogP contribution in [0.4, 0.5) is 0 Å². The van der Waals surface area contributed by atoms with Crippen LogP contribution in [0.5, 0.6) is 0 Å². The molecule has 192 valence electrons. The standard InChI is InChI=1S/C24H20B.C11H23P/c1-5-13-21(14-6-1)25(22-15-7-2-8-16-22,23-17-9-3-10-18-23)24-19-11-4-12-20-24;1-8-9-12(10(2,3)4)11(5,6)7/h1-20H;8H,1,9H2,2-7H3/q-1;/p+1. The largest absolute Gasteiger partial charge is 0.195 e. The maximum atomic E-state index is 3.85. The third-order valence-corrected chi connectivity index (χ3v) is 11.7. The van der Waals surface area contributed by atoms with Crippen molar-refractivity contribution in [2.24, 2.45) is 0 Å².